The monoisotopic (exact) mass is 411 g/mol. The van der Waals surface area contributed by atoms with Crippen molar-refractivity contribution in [3.8, 4) is 0 Å². The third kappa shape index (κ3) is 8.88. The summed E-state index contributed by atoms with van der Waals surface area (Å²) < 4.78 is 11.2. The van der Waals surface area contributed by atoms with Gasteiger partial charge in [0.15, 0.2) is 5.96 Å². The first-order chi connectivity index (χ1) is 14.1. The second-order valence-electron chi connectivity index (χ2n) is 8.19. The summed E-state index contributed by atoms with van der Waals surface area (Å²) in [5, 5.41) is 6.71. The summed E-state index contributed by atoms with van der Waals surface area (Å²) >= 11 is 0. The van der Waals surface area contributed by atoms with Crippen LogP contribution in [0.4, 0.5) is 0 Å². The molecule has 0 spiro atoms. The highest BCUT2D eigenvalue weighted by atomic mass is 16.5. The van der Waals surface area contributed by atoms with Gasteiger partial charge in [0.25, 0.3) is 0 Å². The minimum absolute atomic E-state index is 0.0589. The van der Waals surface area contributed by atoms with Crippen LogP contribution in [0.25, 0.3) is 0 Å². The molecule has 0 saturated carbocycles. The number of hydrogen-bond donors (Lipinski definition) is 2. The van der Waals surface area contributed by atoms with E-state index in [0.717, 1.165) is 97.1 Å². The van der Waals surface area contributed by atoms with Gasteiger partial charge in [0.1, 0.15) is 0 Å². The first-order valence-electron chi connectivity index (χ1n) is 11.2. The topological polar surface area (TPSA) is 78.4 Å². The van der Waals surface area contributed by atoms with Gasteiger partial charge < -0.3 is 25.0 Å². The van der Waals surface area contributed by atoms with Crippen LogP contribution in [0.15, 0.2) is 4.99 Å². The fourth-order valence-electron chi connectivity index (χ4n) is 3.93. The third-order valence-corrected chi connectivity index (χ3v) is 5.68. The molecule has 2 saturated heterocycles. The zero-order chi connectivity index (χ0) is 20.9. The number of nitrogens with one attached hydrogen (secondary N) is 2. The molecule has 168 valence electrons. The number of rotatable bonds is 11. The van der Waals surface area contributed by atoms with Crippen LogP contribution in [-0.4, -0.2) is 101 Å². The number of carbonyl (C=O) groups excluding carboxylic acids is 1. The number of hydrogen-bond acceptors (Lipinski definition) is 5. The van der Waals surface area contributed by atoms with Gasteiger partial charge in [-0.15, -0.1) is 0 Å². The molecule has 29 heavy (non-hydrogen) atoms. The molecule has 0 aromatic heterocycles. The van der Waals surface area contributed by atoms with Crippen LogP contribution >= 0.6 is 0 Å². The molecule has 2 fully saturated rings. The van der Waals surface area contributed by atoms with Crippen LogP contribution in [0.1, 0.15) is 38.5 Å². The maximum absolute atomic E-state index is 12.2. The number of amides is 1. The molecule has 2 aliphatic rings. The molecule has 2 heterocycles. The summed E-state index contributed by atoms with van der Waals surface area (Å²) in [6.45, 7) is 7.03. The maximum Gasteiger partial charge on any atom is 0.239 e. The Kier molecular flexibility index (Phi) is 11.3. The molecule has 2 aliphatic heterocycles. The van der Waals surface area contributed by atoms with Crippen LogP contribution in [0.5, 0.6) is 0 Å². The Balaban J connectivity index is 1.50. The lowest BCUT2D eigenvalue weighted by Gasteiger charge is -2.26. The summed E-state index contributed by atoms with van der Waals surface area (Å²) in [6.07, 6.45) is 6.28. The quantitative estimate of drug-likeness (QED) is 0.299. The van der Waals surface area contributed by atoms with Crippen molar-refractivity contribution in [3.63, 3.8) is 0 Å². The van der Waals surface area contributed by atoms with E-state index in [2.05, 4.69) is 20.5 Å². The molecule has 0 aromatic rings. The SMILES string of the molecule is CN=C(NCCCOCC1CCOCC1)NCCCN1CCCC1C(=O)N(C)C. The second-order valence-corrected chi connectivity index (χ2v) is 8.19. The van der Waals surface area contributed by atoms with Crippen molar-refractivity contribution in [1.29, 1.82) is 0 Å². The third-order valence-electron chi connectivity index (χ3n) is 5.68. The average Bonchev–Trinajstić information content (AvgIpc) is 3.20. The lowest BCUT2D eigenvalue weighted by Crippen LogP contribution is -2.44. The van der Waals surface area contributed by atoms with E-state index in [1.807, 2.05) is 14.1 Å². The smallest absolute Gasteiger partial charge is 0.239 e. The predicted molar refractivity (Wildman–Crippen MR) is 116 cm³/mol. The second kappa shape index (κ2) is 13.8. The van der Waals surface area contributed by atoms with Gasteiger partial charge >= 0.3 is 0 Å². The van der Waals surface area contributed by atoms with Crippen LogP contribution in [-0.2, 0) is 14.3 Å². The van der Waals surface area contributed by atoms with E-state index in [-0.39, 0.29) is 11.9 Å². The molecule has 0 aromatic carbocycles. The van der Waals surface area contributed by atoms with Crippen LogP contribution in [0, 0.1) is 5.92 Å². The van der Waals surface area contributed by atoms with Crippen molar-refractivity contribution in [2.24, 2.45) is 10.9 Å². The van der Waals surface area contributed by atoms with E-state index in [9.17, 15) is 4.79 Å². The lowest BCUT2D eigenvalue weighted by atomic mass is 10.0. The minimum Gasteiger partial charge on any atom is -0.381 e. The zero-order valence-electron chi connectivity index (χ0n) is 18.6. The first kappa shape index (κ1) is 23.9. The summed E-state index contributed by atoms with van der Waals surface area (Å²) in [6, 6.07) is 0.0589. The molecule has 2 rings (SSSR count). The van der Waals surface area contributed by atoms with Crippen molar-refractivity contribution in [3.05, 3.63) is 0 Å². The van der Waals surface area contributed by atoms with Crippen LogP contribution in [0.3, 0.4) is 0 Å². The van der Waals surface area contributed by atoms with Crippen molar-refractivity contribution in [2.75, 3.05) is 73.7 Å². The molecule has 0 radical (unpaired) electrons. The first-order valence-corrected chi connectivity index (χ1v) is 11.2. The number of ether oxygens (including phenoxy) is 2. The van der Waals surface area contributed by atoms with Crippen molar-refractivity contribution >= 4 is 11.9 Å². The van der Waals surface area contributed by atoms with Gasteiger partial charge in [0.2, 0.25) is 5.91 Å². The van der Waals surface area contributed by atoms with E-state index in [0.29, 0.717) is 5.92 Å². The fourth-order valence-corrected chi connectivity index (χ4v) is 3.93. The van der Waals surface area contributed by atoms with Gasteiger partial charge in [-0.1, -0.05) is 0 Å². The van der Waals surface area contributed by atoms with Gasteiger partial charge in [0, 0.05) is 67.2 Å². The lowest BCUT2D eigenvalue weighted by molar-refractivity contribution is -0.133. The molecule has 2 N–H and O–H groups in total. The van der Waals surface area contributed by atoms with Crippen LogP contribution in [0.2, 0.25) is 0 Å². The zero-order valence-corrected chi connectivity index (χ0v) is 18.6. The van der Waals surface area contributed by atoms with E-state index in [1.165, 1.54) is 0 Å². The van der Waals surface area contributed by atoms with Gasteiger partial charge in [-0.2, -0.15) is 0 Å². The molecule has 1 amide bonds. The molecular weight excluding hydrogens is 370 g/mol. The van der Waals surface area contributed by atoms with Gasteiger partial charge in [-0.05, 0) is 51.0 Å². The molecule has 0 aliphatic carbocycles. The molecule has 0 bridgehead atoms. The summed E-state index contributed by atoms with van der Waals surface area (Å²) in [5.74, 6) is 1.72. The molecule has 8 heteroatoms. The Morgan fingerprint density at radius 3 is 2.59 bits per heavy atom. The predicted octanol–water partition coefficient (Wildman–Crippen LogP) is 0.927. The molecule has 1 atom stereocenters. The highest BCUT2D eigenvalue weighted by molar-refractivity contribution is 5.81. The Labute approximate surface area is 176 Å². The largest absolute Gasteiger partial charge is 0.381 e. The summed E-state index contributed by atoms with van der Waals surface area (Å²) in [7, 11) is 5.47. The summed E-state index contributed by atoms with van der Waals surface area (Å²) in [5.41, 5.74) is 0. The number of carbonyl (C=O) groups is 1. The summed E-state index contributed by atoms with van der Waals surface area (Å²) in [4.78, 5) is 20.6. The fraction of sp³-hybridized carbons (Fsp3) is 0.905. The van der Waals surface area contributed by atoms with Gasteiger partial charge in [-0.25, -0.2) is 0 Å². The standard InChI is InChI=1S/C21H41N5O3/c1-22-21(24-11-6-14-29-17-18-8-15-28-16-9-18)23-10-5-13-26-12-4-7-19(26)20(27)25(2)3/h18-19H,4-17H2,1-3H3,(H2,22,23,24). The minimum atomic E-state index is 0.0589. The van der Waals surface area contributed by atoms with Crippen LogP contribution < -0.4 is 10.6 Å². The normalized spacial score (nSPS) is 21.3. The molecule has 8 nitrogen and oxygen atoms in total. The van der Waals surface area contributed by atoms with Gasteiger partial charge in [-0.3, -0.25) is 14.7 Å². The van der Waals surface area contributed by atoms with Crippen molar-refractivity contribution in [2.45, 2.75) is 44.6 Å². The highest BCUT2D eigenvalue weighted by Crippen LogP contribution is 2.18. The number of nitrogens with zero attached hydrogens (tertiary/aromatic N) is 3. The molecular formula is C21H41N5O3. The Morgan fingerprint density at radius 1 is 1.17 bits per heavy atom. The van der Waals surface area contributed by atoms with Crippen molar-refractivity contribution in [1.82, 2.24) is 20.4 Å². The number of guanidine groups is 1. The van der Waals surface area contributed by atoms with E-state index in [1.54, 1.807) is 11.9 Å². The average molecular weight is 412 g/mol. The van der Waals surface area contributed by atoms with E-state index in [4.69, 9.17) is 9.47 Å². The Bertz CT molecular complexity index is 495. The Hall–Kier alpha value is -1.38. The molecule has 1 unspecified atom stereocenters. The van der Waals surface area contributed by atoms with Gasteiger partial charge in [0.05, 0.1) is 6.04 Å². The van der Waals surface area contributed by atoms with E-state index >= 15 is 0 Å². The number of likely N-dealkylation sites (tertiary alicyclic amines) is 1. The number of aliphatic imine (C=N–C) groups is 1. The highest BCUT2D eigenvalue weighted by Gasteiger charge is 2.30. The number of likely N-dealkylation sites (N-methyl/N-ethyl adjacent to an activating group) is 1. The van der Waals surface area contributed by atoms with Crippen molar-refractivity contribution < 1.29 is 14.3 Å². The maximum atomic E-state index is 12.2. The Morgan fingerprint density at radius 2 is 1.90 bits per heavy atom. The van der Waals surface area contributed by atoms with E-state index < -0.39 is 0 Å².